The predicted octanol–water partition coefficient (Wildman–Crippen LogP) is 4.07. The predicted molar refractivity (Wildman–Crippen MR) is 127 cm³/mol. The molecule has 0 unspecified atom stereocenters. The summed E-state index contributed by atoms with van der Waals surface area (Å²) in [6, 6.07) is 7.17. The van der Waals surface area contributed by atoms with Gasteiger partial charge in [-0.15, -0.1) is 11.3 Å². The molecule has 31 heavy (non-hydrogen) atoms. The van der Waals surface area contributed by atoms with Gasteiger partial charge in [-0.3, -0.25) is 9.59 Å². The number of likely N-dealkylation sites (tertiary alicyclic amines) is 1. The highest BCUT2D eigenvalue weighted by Gasteiger charge is 2.43. The highest BCUT2D eigenvalue weighted by Crippen LogP contribution is 2.31. The van der Waals surface area contributed by atoms with E-state index in [-0.39, 0.29) is 36.2 Å². The van der Waals surface area contributed by atoms with Crippen molar-refractivity contribution in [2.45, 2.75) is 64.1 Å². The van der Waals surface area contributed by atoms with Crippen LogP contribution in [0.2, 0.25) is 0 Å². The summed E-state index contributed by atoms with van der Waals surface area (Å²) in [6.45, 7) is 9.97. The Morgan fingerprint density at radius 2 is 1.94 bits per heavy atom. The van der Waals surface area contributed by atoms with Gasteiger partial charge in [-0.25, -0.2) is 4.98 Å². The Hall–Kier alpha value is -1.77. The SMILES string of the molecule is Cc1ncsc1-c1ccc([C@H](C)NC(=O)[C@@H]2C[C@@H](O)CN2C(=O)[C@H](Br)C(C)(C)C)cc1. The topological polar surface area (TPSA) is 82.5 Å². The number of hydrogen-bond donors (Lipinski definition) is 2. The van der Waals surface area contributed by atoms with E-state index in [0.717, 1.165) is 21.7 Å². The summed E-state index contributed by atoms with van der Waals surface area (Å²) in [4.78, 5) is 32.5. The average Bonchev–Trinajstić information content (AvgIpc) is 3.31. The number of aliphatic hydroxyl groups excluding tert-OH is 1. The molecule has 1 aromatic carbocycles. The van der Waals surface area contributed by atoms with Crippen molar-refractivity contribution in [3.8, 4) is 10.4 Å². The number of thiazole rings is 1. The van der Waals surface area contributed by atoms with E-state index in [1.807, 2.05) is 64.4 Å². The molecule has 1 aromatic heterocycles. The Balaban J connectivity index is 1.69. The van der Waals surface area contributed by atoms with Crippen LogP contribution < -0.4 is 5.32 Å². The Morgan fingerprint density at radius 1 is 1.29 bits per heavy atom. The van der Waals surface area contributed by atoms with Crippen LogP contribution in [0.15, 0.2) is 29.8 Å². The van der Waals surface area contributed by atoms with Crippen molar-refractivity contribution < 1.29 is 14.7 Å². The maximum atomic E-state index is 13.0. The first-order valence-electron chi connectivity index (χ1n) is 10.4. The molecule has 6 nitrogen and oxygen atoms in total. The zero-order chi connectivity index (χ0) is 22.9. The molecule has 1 fully saturated rings. The molecule has 0 spiro atoms. The third kappa shape index (κ3) is 5.35. The van der Waals surface area contributed by atoms with Crippen LogP contribution in [0.3, 0.4) is 0 Å². The van der Waals surface area contributed by atoms with E-state index < -0.39 is 17.0 Å². The molecule has 4 atom stereocenters. The zero-order valence-corrected chi connectivity index (χ0v) is 21.0. The quantitative estimate of drug-likeness (QED) is 0.597. The molecule has 0 saturated carbocycles. The third-order valence-electron chi connectivity index (χ3n) is 5.62. The first-order chi connectivity index (χ1) is 14.5. The van der Waals surface area contributed by atoms with Gasteiger partial charge in [-0.05, 0) is 30.4 Å². The first kappa shape index (κ1) is 23.9. The summed E-state index contributed by atoms with van der Waals surface area (Å²) in [5.41, 5.74) is 4.62. The van der Waals surface area contributed by atoms with Crippen LogP contribution in [-0.2, 0) is 9.59 Å². The van der Waals surface area contributed by atoms with Crippen LogP contribution in [0, 0.1) is 12.3 Å². The molecule has 0 bridgehead atoms. The number of nitrogens with zero attached hydrogens (tertiary/aromatic N) is 2. The molecule has 1 aliphatic rings. The van der Waals surface area contributed by atoms with Gasteiger partial charge in [0.2, 0.25) is 11.8 Å². The van der Waals surface area contributed by atoms with E-state index in [2.05, 4.69) is 26.2 Å². The molecule has 3 rings (SSSR count). The number of benzene rings is 1. The summed E-state index contributed by atoms with van der Waals surface area (Å²) in [5, 5.41) is 13.2. The molecule has 1 aliphatic heterocycles. The highest BCUT2D eigenvalue weighted by molar-refractivity contribution is 9.10. The number of alkyl halides is 1. The van der Waals surface area contributed by atoms with Crippen molar-refractivity contribution in [2.24, 2.45) is 5.41 Å². The molecule has 2 N–H and O–H groups in total. The number of aromatic nitrogens is 1. The van der Waals surface area contributed by atoms with E-state index in [1.165, 1.54) is 4.90 Å². The zero-order valence-electron chi connectivity index (χ0n) is 18.6. The number of amides is 2. The minimum absolute atomic E-state index is 0.166. The Kier molecular flexibility index (Phi) is 7.23. The van der Waals surface area contributed by atoms with Gasteiger partial charge >= 0.3 is 0 Å². The van der Waals surface area contributed by atoms with Crippen LogP contribution >= 0.6 is 27.3 Å². The number of β-amino-alcohol motifs (C(OH)–C–C–N with tert-alkyl or cyclic N) is 1. The second-order valence-electron chi connectivity index (χ2n) is 9.24. The van der Waals surface area contributed by atoms with Gasteiger partial charge in [0, 0.05) is 13.0 Å². The number of rotatable bonds is 5. The van der Waals surface area contributed by atoms with Crippen molar-refractivity contribution in [2.75, 3.05) is 6.54 Å². The van der Waals surface area contributed by atoms with Gasteiger partial charge in [-0.1, -0.05) is 61.0 Å². The number of aryl methyl sites for hydroxylation is 1. The fourth-order valence-electron chi connectivity index (χ4n) is 3.72. The molecule has 0 aliphatic carbocycles. The van der Waals surface area contributed by atoms with Gasteiger partial charge in [0.1, 0.15) is 6.04 Å². The second-order valence-corrected chi connectivity index (χ2v) is 11.0. The monoisotopic (exact) mass is 507 g/mol. The van der Waals surface area contributed by atoms with E-state index in [1.54, 1.807) is 11.3 Å². The molecule has 2 heterocycles. The summed E-state index contributed by atoms with van der Waals surface area (Å²) >= 11 is 5.08. The van der Waals surface area contributed by atoms with Crippen molar-refractivity contribution in [1.82, 2.24) is 15.2 Å². The van der Waals surface area contributed by atoms with Crippen LogP contribution in [0.25, 0.3) is 10.4 Å². The lowest BCUT2D eigenvalue weighted by atomic mass is 9.91. The third-order valence-corrected chi connectivity index (χ3v) is 8.36. The number of halogens is 1. The fraction of sp³-hybridized carbons (Fsp3) is 0.522. The van der Waals surface area contributed by atoms with Crippen molar-refractivity contribution in [3.05, 3.63) is 41.0 Å². The maximum absolute atomic E-state index is 13.0. The van der Waals surface area contributed by atoms with Gasteiger partial charge in [0.05, 0.1) is 33.1 Å². The van der Waals surface area contributed by atoms with Gasteiger partial charge < -0.3 is 15.3 Å². The van der Waals surface area contributed by atoms with Crippen LogP contribution in [0.1, 0.15) is 51.4 Å². The Bertz CT molecular complexity index is 938. The van der Waals surface area contributed by atoms with Crippen LogP contribution in [-0.4, -0.2) is 50.3 Å². The molecular weight excluding hydrogens is 478 g/mol. The summed E-state index contributed by atoms with van der Waals surface area (Å²) in [6.07, 6.45) is -0.450. The standard InChI is InChI=1S/C23H30BrN3O3S/c1-13(15-6-8-16(9-7-15)19-14(2)25-12-31-19)26-21(29)18-10-17(28)11-27(18)22(30)20(24)23(3,4)5/h6-9,12-13,17-18,20,28H,10-11H2,1-5H3,(H,26,29)/t13-,17+,18-,20-/m0/s1. The number of carbonyl (C=O) groups excluding carboxylic acids is 2. The van der Waals surface area contributed by atoms with Crippen LogP contribution in [0.5, 0.6) is 0 Å². The first-order valence-corrected chi connectivity index (χ1v) is 12.2. The van der Waals surface area contributed by atoms with E-state index in [0.29, 0.717) is 0 Å². The van der Waals surface area contributed by atoms with E-state index in [9.17, 15) is 14.7 Å². The lowest BCUT2D eigenvalue weighted by Gasteiger charge is -2.32. The lowest BCUT2D eigenvalue weighted by Crippen LogP contribution is -2.50. The lowest BCUT2D eigenvalue weighted by molar-refractivity contribution is -0.139. The number of hydrogen-bond acceptors (Lipinski definition) is 5. The van der Waals surface area contributed by atoms with Crippen molar-refractivity contribution >= 4 is 39.1 Å². The largest absolute Gasteiger partial charge is 0.391 e. The summed E-state index contributed by atoms with van der Waals surface area (Å²) < 4.78 is 0. The smallest absolute Gasteiger partial charge is 0.243 e. The Morgan fingerprint density at radius 3 is 2.48 bits per heavy atom. The molecule has 8 heteroatoms. The maximum Gasteiger partial charge on any atom is 0.243 e. The van der Waals surface area contributed by atoms with E-state index >= 15 is 0 Å². The molecular formula is C23H30BrN3O3S. The molecule has 0 radical (unpaired) electrons. The normalized spacial score (nSPS) is 21.1. The number of aliphatic hydroxyl groups is 1. The molecule has 1 saturated heterocycles. The molecule has 168 valence electrons. The van der Waals surface area contributed by atoms with Gasteiger partial charge in [0.15, 0.2) is 0 Å². The average molecular weight is 508 g/mol. The second kappa shape index (κ2) is 9.38. The summed E-state index contributed by atoms with van der Waals surface area (Å²) in [7, 11) is 0. The van der Waals surface area contributed by atoms with Crippen molar-refractivity contribution in [3.63, 3.8) is 0 Å². The Labute approximate surface area is 196 Å². The molecule has 2 amide bonds. The number of nitrogens with one attached hydrogen (secondary N) is 1. The van der Waals surface area contributed by atoms with Gasteiger partial charge in [-0.2, -0.15) is 0 Å². The van der Waals surface area contributed by atoms with E-state index in [4.69, 9.17) is 0 Å². The van der Waals surface area contributed by atoms with Gasteiger partial charge in [0.25, 0.3) is 0 Å². The molecule has 2 aromatic rings. The number of carbonyl (C=O) groups is 2. The highest BCUT2D eigenvalue weighted by atomic mass is 79.9. The summed E-state index contributed by atoms with van der Waals surface area (Å²) in [5.74, 6) is -0.408. The van der Waals surface area contributed by atoms with Crippen LogP contribution in [0.4, 0.5) is 0 Å². The van der Waals surface area contributed by atoms with Crippen molar-refractivity contribution in [1.29, 1.82) is 0 Å². The minimum Gasteiger partial charge on any atom is -0.391 e. The minimum atomic E-state index is -0.698. The fourth-order valence-corrected chi connectivity index (χ4v) is 4.79.